The molecule has 1 nitrogen and oxygen atoms in total. The largest absolute Gasteiger partial charge is 0.496 e. The molecule has 1 fully saturated rings. The zero-order valence-corrected chi connectivity index (χ0v) is 12.2. The molecule has 0 heterocycles. The van der Waals surface area contributed by atoms with Gasteiger partial charge in [0.1, 0.15) is 5.75 Å². The summed E-state index contributed by atoms with van der Waals surface area (Å²) in [5.41, 5.74) is 2.58. The van der Waals surface area contributed by atoms with E-state index in [1.54, 1.807) is 7.11 Å². The van der Waals surface area contributed by atoms with Crippen molar-refractivity contribution in [3.05, 3.63) is 29.3 Å². The van der Waals surface area contributed by atoms with Crippen LogP contribution in [0, 0.1) is 12.8 Å². The Morgan fingerprint density at radius 3 is 2.72 bits per heavy atom. The lowest BCUT2D eigenvalue weighted by atomic mass is 9.97. The van der Waals surface area contributed by atoms with Crippen molar-refractivity contribution >= 4 is 11.6 Å². The van der Waals surface area contributed by atoms with Crippen LogP contribution in [0.4, 0.5) is 0 Å². The molecule has 1 unspecified atom stereocenters. The van der Waals surface area contributed by atoms with Crippen LogP contribution < -0.4 is 4.74 Å². The number of halogens is 1. The molecule has 0 amide bonds. The van der Waals surface area contributed by atoms with Crippen molar-refractivity contribution in [1.29, 1.82) is 0 Å². The first kappa shape index (κ1) is 13.7. The molecular weight excluding hydrogens is 244 g/mol. The van der Waals surface area contributed by atoms with E-state index in [9.17, 15) is 0 Å². The third-order valence-corrected chi connectivity index (χ3v) is 4.61. The number of methoxy groups -OCH3 is 1. The Morgan fingerprint density at radius 2 is 2.06 bits per heavy atom. The monoisotopic (exact) mass is 266 g/mol. The molecule has 0 saturated heterocycles. The fourth-order valence-electron chi connectivity index (χ4n) is 2.95. The molecule has 0 aliphatic heterocycles. The Bertz CT molecular complexity index is 383. The van der Waals surface area contributed by atoms with Crippen molar-refractivity contribution in [1.82, 2.24) is 0 Å². The van der Waals surface area contributed by atoms with Gasteiger partial charge in [-0.1, -0.05) is 30.5 Å². The lowest BCUT2D eigenvalue weighted by molar-refractivity contribution is 0.407. The van der Waals surface area contributed by atoms with Crippen LogP contribution in [0.15, 0.2) is 18.2 Å². The Hall–Kier alpha value is -0.690. The second kappa shape index (κ2) is 6.47. The molecule has 1 aliphatic carbocycles. The molecular formula is C16H23ClO. The van der Waals surface area contributed by atoms with E-state index in [1.165, 1.54) is 36.8 Å². The van der Waals surface area contributed by atoms with E-state index < -0.39 is 0 Å². The molecule has 0 N–H and O–H groups in total. The topological polar surface area (TPSA) is 9.23 Å². The summed E-state index contributed by atoms with van der Waals surface area (Å²) in [7, 11) is 1.74. The van der Waals surface area contributed by atoms with E-state index in [0.29, 0.717) is 5.38 Å². The zero-order valence-electron chi connectivity index (χ0n) is 11.4. The van der Waals surface area contributed by atoms with Crippen LogP contribution in [-0.2, 0) is 6.42 Å². The summed E-state index contributed by atoms with van der Waals surface area (Å²) in [5, 5.41) is 0.331. The summed E-state index contributed by atoms with van der Waals surface area (Å²) < 4.78 is 5.42. The van der Waals surface area contributed by atoms with Gasteiger partial charge < -0.3 is 4.74 Å². The molecule has 18 heavy (non-hydrogen) atoms. The van der Waals surface area contributed by atoms with Crippen LogP contribution in [0.5, 0.6) is 5.75 Å². The highest BCUT2D eigenvalue weighted by Gasteiger charge is 2.23. The molecule has 1 saturated carbocycles. The van der Waals surface area contributed by atoms with E-state index in [-0.39, 0.29) is 0 Å². The first-order valence-corrected chi connectivity index (χ1v) is 7.42. The summed E-state index contributed by atoms with van der Waals surface area (Å²) in [6.45, 7) is 2.12. The quantitative estimate of drug-likeness (QED) is 0.700. The fourth-order valence-corrected chi connectivity index (χ4v) is 3.31. The number of rotatable bonds is 5. The van der Waals surface area contributed by atoms with Crippen molar-refractivity contribution in [2.75, 3.05) is 7.11 Å². The van der Waals surface area contributed by atoms with E-state index in [2.05, 4.69) is 25.1 Å². The maximum absolute atomic E-state index is 6.53. The Kier molecular flexibility index (Phi) is 4.94. The smallest absolute Gasteiger partial charge is 0.122 e. The average molecular weight is 267 g/mol. The normalized spacial score (nSPS) is 17.9. The lowest BCUT2D eigenvalue weighted by Gasteiger charge is -2.17. The highest BCUT2D eigenvalue weighted by Crippen LogP contribution is 2.33. The Morgan fingerprint density at radius 1 is 1.33 bits per heavy atom. The molecule has 2 rings (SSSR count). The maximum atomic E-state index is 6.53. The van der Waals surface area contributed by atoms with Crippen molar-refractivity contribution in [2.45, 2.75) is 50.8 Å². The number of benzene rings is 1. The number of alkyl halides is 1. The van der Waals surface area contributed by atoms with E-state index >= 15 is 0 Å². The van der Waals surface area contributed by atoms with E-state index in [0.717, 1.165) is 24.5 Å². The molecule has 100 valence electrons. The summed E-state index contributed by atoms with van der Waals surface area (Å²) in [6, 6.07) is 6.37. The van der Waals surface area contributed by atoms with Gasteiger partial charge in [0.25, 0.3) is 0 Å². The fraction of sp³-hybridized carbons (Fsp3) is 0.625. The third-order valence-electron chi connectivity index (χ3n) is 4.04. The number of hydrogen-bond acceptors (Lipinski definition) is 1. The minimum absolute atomic E-state index is 0.331. The first-order chi connectivity index (χ1) is 8.70. The predicted octanol–water partition coefficient (Wildman–Crippen LogP) is 4.73. The van der Waals surface area contributed by atoms with Crippen molar-refractivity contribution < 1.29 is 4.74 Å². The summed E-state index contributed by atoms with van der Waals surface area (Å²) in [6.07, 6.45) is 7.45. The molecule has 0 spiro atoms. The lowest BCUT2D eigenvalue weighted by Crippen LogP contribution is -2.12. The van der Waals surface area contributed by atoms with E-state index in [1.807, 2.05) is 0 Å². The van der Waals surface area contributed by atoms with Gasteiger partial charge in [-0.05, 0) is 50.2 Å². The second-order valence-corrected chi connectivity index (χ2v) is 5.98. The summed E-state index contributed by atoms with van der Waals surface area (Å²) in [5.74, 6) is 1.73. The Labute approximate surface area is 115 Å². The molecule has 1 aromatic rings. The van der Waals surface area contributed by atoms with Gasteiger partial charge in [0.2, 0.25) is 0 Å². The number of ether oxygens (including phenoxy) is 1. The van der Waals surface area contributed by atoms with Gasteiger partial charge >= 0.3 is 0 Å². The molecule has 1 atom stereocenters. The van der Waals surface area contributed by atoms with Crippen LogP contribution in [0.2, 0.25) is 0 Å². The third kappa shape index (κ3) is 3.41. The van der Waals surface area contributed by atoms with Crippen molar-refractivity contribution in [2.24, 2.45) is 5.92 Å². The SMILES string of the molecule is COc1ccc(C)cc1CCC(Cl)C1CCCC1. The molecule has 1 aromatic carbocycles. The van der Waals surface area contributed by atoms with Gasteiger partial charge in [0.05, 0.1) is 7.11 Å². The standard InChI is InChI=1S/C16H23ClO/c1-12-7-10-16(18-2)14(11-12)8-9-15(17)13-5-3-4-6-13/h7,10-11,13,15H,3-6,8-9H2,1-2H3. The second-order valence-electron chi connectivity index (χ2n) is 5.41. The van der Waals surface area contributed by atoms with Gasteiger partial charge in [-0.3, -0.25) is 0 Å². The van der Waals surface area contributed by atoms with Crippen LogP contribution >= 0.6 is 11.6 Å². The maximum Gasteiger partial charge on any atom is 0.122 e. The highest BCUT2D eigenvalue weighted by molar-refractivity contribution is 6.20. The first-order valence-electron chi connectivity index (χ1n) is 6.98. The average Bonchev–Trinajstić information content (AvgIpc) is 2.90. The predicted molar refractivity (Wildman–Crippen MR) is 77.7 cm³/mol. The van der Waals surface area contributed by atoms with Gasteiger partial charge in [0, 0.05) is 5.38 Å². The summed E-state index contributed by atoms with van der Waals surface area (Å²) >= 11 is 6.53. The van der Waals surface area contributed by atoms with Crippen LogP contribution in [0.3, 0.4) is 0 Å². The Balaban J connectivity index is 1.94. The van der Waals surface area contributed by atoms with Gasteiger partial charge in [0.15, 0.2) is 0 Å². The molecule has 0 aromatic heterocycles. The molecule has 1 aliphatic rings. The van der Waals surface area contributed by atoms with Crippen LogP contribution in [0.25, 0.3) is 0 Å². The van der Waals surface area contributed by atoms with Gasteiger partial charge in [-0.2, -0.15) is 0 Å². The molecule has 0 radical (unpaired) electrons. The van der Waals surface area contributed by atoms with Crippen LogP contribution in [0.1, 0.15) is 43.2 Å². The molecule has 0 bridgehead atoms. The zero-order chi connectivity index (χ0) is 13.0. The summed E-state index contributed by atoms with van der Waals surface area (Å²) in [4.78, 5) is 0. The molecule has 2 heteroatoms. The van der Waals surface area contributed by atoms with Gasteiger partial charge in [-0.15, -0.1) is 11.6 Å². The minimum Gasteiger partial charge on any atom is -0.496 e. The van der Waals surface area contributed by atoms with E-state index in [4.69, 9.17) is 16.3 Å². The van der Waals surface area contributed by atoms with Crippen molar-refractivity contribution in [3.8, 4) is 5.75 Å². The minimum atomic E-state index is 0.331. The van der Waals surface area contributed by atoms with Crippen molar-refractivity contribution in [3.63, 3.8) is 0 Å². The van der Waals surface area contributed by atoms with Gasteiger partial charge in [-0.25, -0.2) is 0 Å². The highest BCUT2D eigenvalue weighted by atomic mass is 35.5. The van der Waals surface area contributed by atoms with Crippen LogP contribution in [-0.4, -0.2) is 12.5 Å². The number of hydrogen-bond donors (Lipinski definition) is 0. The number of aryl methyl sites for hydroxylation is 2.